The van der Waals surface area contributed by atoms with Crippen molar-refractivity contribution in [1.29, 1.82) is 0 Å². The Morgan fingerprint density at radius 2 is 0.714 bits per heavy atom. The number of phenolic OH excluding ortho intramolecular Hbond substituents is 3. The molecule has 0 aromatic heterocycles. The lowest BCUT2D eigenvalue weighted by Crippen LogP contribution is -3.00. The fraction of sp³-hybridized carbons (Fsp3) is 0.417. The predicted molar refractivity (Wildman–Crippen MR) is 197 cm³/mol. The van der Waals surface area contributed by atoms with E-state index in [2.05, 4.69) is 83.3 Å². The molecule has 0 fully saturated rings. The number of quaternary nitrogens is 3. The first-order chi connectivity index (χ1) is 21.4. The zero-order valence-electron chi connectivity index (χ0n) is 30.3. The predicted octanol–water partition coefficient (Wildman–Crippen LogP) is -4.64. The Bertz CT molecular complexity index is 1380. The Kier molecular flexibility index (Phi) is 19.2. The van der Waals surface area contributed by atoms with Crippen molar-refractivity contribution >= 4 is 35.7 Å². The van der Waals surface area contributed by atoms with E-state index in [4.69, 9.17) is 0 Å². The molecule has 0 aliphatic carbocycles. The average Bonchev–Trinajstić information content (AvgIpc) is 2.95. The lowest BCUT2D eigenvalue weighted by Gasteiger charge is -2.23. The van der Waals surface area contributed by atoms with Crippen molar-refractivity contribution in [2.24, 2.45) is 15.0 Å². The maximum atomic E-state index is 10.4. The molecule has 0 saturated carbocycles. The summed E-state index contributed by atoms with van der Waals surface area (Å²) in [5.41, 5.74) is 5.31. The summed E-state index contributed by atoms with van der Waals surface area (Å²) in [5, 5.41) is 31.1. The molecule has 0 bridgehead atoms. The molecule has 3 aromatic carbocycles. The standard InChI is InChI=1S/C36H51N7O3.3BrH/c1-41(2,3)31-10-13-34(44)28(22-31)25-37-16-19-40(20-17-38-26-29-23-32(42(4,5)6)11-14-35(29)45)21-18-39-27-30-24-33(43(7,8)9)12-15-36(30)46;;;/h10-15,22-27H,16-21H2,1-9H3;3*1H. The van der Waals surface area contributed by atoms with Gasteiger partial charge < -0.3 is 66.3 Å². The lowest BCUT2D eigenvalue weighted by molar-refractivity contribution is -0.00100. The summed E-state index contributed by atoms with van der Waals surface area (Å²) < 4.78 is 1.93. The highest BCUT2D eigenvalue weighted by Gasteiger charge is 2.16. The van der Waals surface area contributed by atoms with Crippen LogP contribution in [0.2, 0.25) is 0 Å². The summed E-state index contributed by atoms with van der Waals surface area (Å²) in [6.07, 6.45) is 5.20. The Labute approximate surface area is 324 Å². The van der Waals surface area contributed by atoms with Crippen LogP contribution in [0.15, 0.2) is 69.6 Å². The number of rotatable bonds is 15. The van der Waals surface area contributed by atoms with Crippen LogP contribution in [0.25, 0.3) is 0 Å². The second kappa shape index (κ2) is 20.3. The van der Waals surface area contributed by atoms with Gasteiger partial charge in [-0.15, -0.1) is 0 Å². The smallest absolute Gasteiger partial charge is 0.133 e. The largest absolute Gasteiger partial charge is 1.00 e. The van der Waals surface area contributed by atoms with Gasteiger partial charge in [0.1, 0.15) is 34.3 Å². The monoisotopic (exact) mass is 869 g/mol. The molecule has 0 saturated heterocycles. The fourth-order valence-electron chi connectivity index (χ4n) is 4.61. The van der Waals surface area contributed by atoms with Gasteiger partial charge in [-0.2, -0.15) is 0 Å². The number of hydrogen-bond donors (Lipinski definition) is 3. The molecular formula is C36H54Br3N7O3. The minimum absolute atomic E-state index is 0. The van der Waals surface area contributed by atoms with E-state index in [1.165, 1.54) is 0 Å². The second-order valence-electron chi connectivity index (χ2n) is 14.2. The third-order valence-corrected chi connectivity index (χ3v) is 7.68. The third-order valence-electron chi connectivity index (χ3n) is 7.68. The summed E-state index contributed by atoms with van der Waals surface area (Å²) in [6, 6.07) is 16.8. The van der Waals surface area contributed by atoms with Crippen molar-refractivity contribution < 1.29 is 66.3 Å². The molecular weight excluding hydrogens is 818 g/mol. The van der Waals surface area contributed by atoms with Crippen molar-refractivity contribution in [2.75, 3.05) is 103 Å². The van der Waals surface area contributed by atoms with Gasteiger partial charge in [-0.1, -0.05) is 0 Å². The highest BCUT2D eigenvalue weighted by molar-refractivity contribution is 5.86. The van der Waals surface area contributed by atoms with E-state index >= 15 is 0 Å². The molecule has 0 heterocycles. The van der Waals surface area contributed by atoms with Crippen LogP contribution in [0.4, 0.5) is 17.1 Å². The Morgan fingerprint density at radius 1 is 0.469 bits per heavy atom. The molecule has 0 aliphatic rings. The third kappa shape index (κ3) is 15.0. The fourth-order valence-corrected chi connectivity index (χ4v) is 4.61. The normalized spacial score (nSPS) is 12.4. The first-order valence-corrected chi connectivity index (χ1v) is 15.6. The molecule has 3 aromatic rings. The van der Waals surface area contributed by atoms with Crippen molar-refractivity contribution in [3.8, 4) is 17.2 Å². The van der Waals surface area contributed by atoms with E-state index in [0.29, 0.717) is 69.4 Å². The summed E-state index contributed by atoms with van der Waals surface area (Å²) >= 11 is 0. The van der Waals surface area contributed by atoms with Gasteiger partial charge in [-0.25, -0.2) is 0 Å². The highest BCUT2D eigenvalue weighted by Crippen LogP contribution is 2.26. The molecule has 0 amide bonds. The van der Waals surface area contributed by atoms with Crippen LogP contribution in [0.1, 0.15) is 16.7 Å². The Hall–Kier alpha value is -2.65. The SMILES string of the molecule is C[N+](C)(C)c1ccc(O)c(C=NCCN(CCN=Cc2cc([N+](C)(C)C)ccc2O)CCN=Cc2cc([N+](C)(C)C)ccc2O)c1.[Br-].[Br-].[Br-]. The summed E-state index contributed by atoms with van der Waals surface area (Å²) in [7, 11) is 18.7. The van der Waals surface area contributed by atoms with Crippen LogP contribution in [0, 0.1) is 0 Å². The molecule has 0 radical (unpaired) electrons. The number of halogens is 3. The van der Waals surface area contributed by atoms with Gasteiger partial charge in [0.2, 0.25) is 0 Å². The first-order valence-electron chi connectivity index (χ1n) is 15.6. The zero-order chi connectivity index (χ0) is 34.1. The quantitative estimate of drug-likeness (QED) is 0.106. The topological polar surface area (TPSA) is 101 Å². The van der Waals surface area contributed by atoms with Crippen LogP contribution in [-0.4, -0.2) is 142 Å². The Balaban J connectivity index is 0.00000768. The van der Waals surface area contributed by atoms with Gasteiger partial charge in [0.15, 0.2) is 0 Å². The highest BCUT2D eigenvalue weighted by atomic mass is 79.9. The van der Waals surface area contributed by atoms with Crippen LogP contribution >= 0.6 is 0 Å². The van der Waals surface area contributed by atoms with E-state index in [1.807, 2.05) is 36.4 Å². The molecule has 13 heteroatoms. The number of nitrogens with zero attached hydrogens (tertiary/aromatic N) is 7. The van der Waals surface area contributed by atoms with Crippen LogP contribution < -0.4 is 64.4 Å². The zero-order valence-corrected chi connectivity index (χ0v) is 35.0. The number of phenols is 3. The minimum atomic E-state index is 0. The number of aliphatic imine (C=N–C) groups is 3. The van der Waals surface area contributed by atoms with Crippen LogP contribution in [-0.2, 0) is 0 Å². The molecule has 10 nitrogen and oxygen atoms in total. The molecule has 0 spiro atoms. The molecule has 0 unspecified atom stereocenters. The van der Waals surface area contributed by atoms with Crippen molar-refractivity contribution in [2.45, 2.75) is 0 Å². The molecule has 3 N–H and O–H groups in total. The summed E-state index contributed by atoms with van der Waals surface area (Å²) in [4.78, 5) is 16.1. The summed E-state index contributed by atoms with van der Waals surface area (Å²) in [5.74, 6) is 0.616. The van der Waals surface area contributed by atoms with Gasteiger partial charge in [-0.05, 0) is 18.2 Å². The van der Waals surface area contributed by atoms with E-state index in [1.54, 1.807) is 36.8 Å². The molecule has 272 valence electrons. The Morgan fingerprint density at radius 3 is 0.939 bits per heavy atom. The van der Waals surface area contributed by atoms with E-state index < -0.39 is 0 Å². The van der Waals surface area contributed by atoms with Gasteiger partial charge in [0, 0.05) is 91.4 Å². The molecule has 49 heavy (non-hydrogen) atoms. The maximum absolute atomic E-state index is 10.4. The lowest BCUT2D eigenvalue weighted by atomic mass is 10.1. The van der Waals surface area contributed by atoms with E-state index in [9.17, 15) is 15.3 Å². The van der Waals surface area contributed by atoms with E-state index in [0.717, 1.165) is 17.1 Å². The minimum Gasteiger partial charge on any atom is -1.00 e. The van der Waals surface area contributed by atoms with Gasteiger partial charge in [-0.3, -0.25) is 33.3 Å². The van der Waals surface area contributed by atoms with Crippen molar-refractivity contribution in [3.63, 3.8) is 0 Å². The molecule has 0 aliphatic heterocycles. The van der Waals surface area contributed by atoms with Crippen LogP contribution in [0.5, 0.6) is 17.2 Å². The van der Waals surface area contributed by atoms with Gasteiger partial charge in [0.25, 0.3) is 0 Å². The van der Waals surface area contributed by atoms with Crippen LogP contribution in [0.3, 0.4) is 0 Å². The maximum Gasteiger partial charge on any atom is 0.133 e. The molecule has 0 atom stereocenters. The average molecular weight is 873 g/mol. The number of hydrogen-bond acceptors (Lipinski definition) is 7. The van der Waals surface area contributed by atoms with Crippen molar-refractivity contribution in [3.05, 3.63) is 71.3 Å². The molecule has 3 rings (SSSR count). The summed E-state index contributed by atoms with van der Waals surface area (Å²) in [6.45, 7) is 3.67. The second-order valence-corrected chi connectivity index (χ2v) is 14.2. The number of benzene rings is 3. The van der Waals surface area contributed by atoms with Crippen molar-refractivity contribution in [1.82, 2.24) is 18.3 Å². The van der Waals surface area contributed by atoms with Gasteiger partial charge in [0.05, 0.1) is 83.1 Å². The number of aromatic hydroxyl groups is 3. The van der Waals surface area contributed by atoms with Gasteiger partial charge >= 0.3 is 0 Å². The first kappa shape index (κ1) is 46.4. The van der Waals surface area contributed by atoms with E-state index in [-0.39, 0.29) is 68.2 Å².